The number of rotatable bonds is 5. The van der Waals surface area contributed by atoms with Gasteiger partial charge in [0.05, 0.1) is 0 Å². The summed E-state index contributed by atoms with van der Waals surface area (Å²) in [6.45, 7) is 8.78. The highest BCUT2D eigenvalue weighted by molar-refractivity contribution is 6.32. The number of aromatic nitrogens is 2. The van der Waals surface area contributed by atoms with Crippen molar-refractivity contribution in [1.82, 2.24) is 19.8 Å². The summed E-state index contributed by atoms with van der Waals surface area (Å²) in [5.41, 5.74) is 0.775. The molecule has 1 aromatic heterocycles. The number of halogens is 1. The van der Waals surface area contributed by atoms with Gasteiger partial charge in [0.15, 0.2) is 11.0 Å². The van der Waals surface area contributed by atoms with Gasteiger partial charge in [0.2, 0.25) is 5.91 Å². The van der Waals surface area contributed by atoms with Gasteiger partial charge in [0.1, 0.15) is 12.0 Å². The fraction of sp³-hybridized carbons (Fsp3) is 0.722. The van der Waals surface area contributed by atoms with E-state index in [0.29, 0.717) is 23.4 Å². The molecule has 2 fully saturated rings. The minimum atomic E-state index is 0.320. The molecule has 1 amide bonds. The first-order valence-electron chi connectivity index (χ1n) is 9.55. The average Bonchev–Trinajstić information content (AvgIpc) is 2.68. The summed E-state index contributed by atoms with van der Waals surface area (Å²) in [7, 11) is 1.83. The van der Waals surface area contributed by atoms with Gasteiger partial charge in [-0.25, -0.2) is 9.97 Å². The van der Waals surface area contributed by atoms with E-state index < -0.39 is 0 Å². The van der Waals surface area contributed by atoms with E-state index in [1.165, 1.54) is 6.33 Å². The Balaban J connectivity index is 1.50. The van der Waals surface area contributed by atoms with E-state index in [1.807, 2.05) is 11.9 Å². The molecule has 0 bridgehead atoms. The number of amides is 1. The summed E-state index contributed by atoms with van der Waals surface area (Å²) < 4.78 is 0. The van der Waals surface area contributed by atoms with Gasteiger partial charge < -0.3 is 20.0 Å². The van der Waals surface area contributed by atoms with Gasteiger partial charge in [-0.15, -0.1) is 0 Å². The van der Waals surface area contributed by atoms with E-state index in [1.54, 1.807) is 0 Å². The molecule has 2 aliphatic rings. The van der Waals surface area contributed by atoms with E-state index in [-0.39, 0.29) is 0 Å². The van der Waals surface area contributed by atoms with Crippen molar-refractivity contribution in [3.63, 3.8) is 0 Å². The standard InChI is InChI=1S/C18H29ClN6O/c1-3-23-8-10-24(11-9-23)15(26)12-14-4-6-25(7-5-14)18-16(20-2)17(19)21-13-22-18/h13-14,20H,3-12H2,1-2H3. The first kappa shape index (κ1) is 19.2. The Bertz CT molecular complexity index is 612. The topological polar surface area (TPSA) is 64.6 Å². The Hall–Kier alpha value is -1.60. The number of carbonyl (C=O) groups excluding carboxylic acids is 1. The lowest BCUT2D eigenvalue weighted by atomic mass is 9.92. The molecule has 3 rings (SSSR count). The van der Waals surface area contributed by atoms with Crippen LogP contribution < -0.4 is 10.2 Å². The van der Waals surface area contributed by atoms with Crippen molar-refractivity contribution in [3.05, 3.63) is 11.5 Å². The summed E-state index contributed by atoms with van der Waals surface area (Å²) in [4.78, 5) is 27.7. The molecule has 0 spiro atoms. The van der Waals surface area contributed by atoms with Crippen molar-refractivity contribution in [2.24, 2.45) is 5.92 Å². The fourth-order valence-electron chi connectivity index (χ4n) is 3.85. The van der Waals surface area contributed by atoms with Crippen molar-refractivity contribution in [3.8, 4) is 0 Å². The second-order valence-corrected chi connectivity index (χ2v) is 7.42. The third-order valence-electron chi connectivity index (χ3n) is 5.58. The second kappa shape index (κ2) is 8.86. The molecular weight excluding hydrogens is 352 g/mol. The average molecular weight is 381 g/mol. The van der Waals surface area contributed by atoms with Crippen LogP contribution >= 0.6 is 11.6 Å². The molecule has 0 aromatic carbocycles. The van der Waals surface area contributed by atoms with Crippen LogP contribution in [0.1, 0.15) is 26.2 Å². The number of nitrogens with one attached hydrogen (secondary N) is 1. The third kappa shape index (κ3) is 4.38. The molecule has 144 valence electrons. The maximum atomic E-state index is 12.6. The summed E-state index contributed by atoms with van der Waals surface area (Å²) in [5.74, 6) is 1.63. The third-order valence-corrected chi connectivity index (χ3v) is 5.87. The molecule has 0 radical (unpaired) electrons. The first-order valence-corrected chi connectivity index (χ1v) is 9.93. The Kier molecular flexibility index (Phi) is 6.53. The minimum absolute atomic E-state index is 0.320. The largest absolute Gasteiger partial charge is 0.383 e. The van der Waals surface area contributed by atoms with Crippen molar-refractivity contribution >= 4 is 29.0 Å². The van der Waals surface area contributed by atoms with Crippen LogP contribution in [-0.2, 0) is 4.79 Å². The minimum Gasteiger partial charge on any atom is -0.383 e. The van der Waals surface area contributed by atoms with E-state index >= 15 is 0 Å². The van der Waals surface area contributed by atoms with Crippen LogP contribution in [0.2, 0.25) is 5.15 Å². The molecule has 7 nitrogen and oxygen atoms in total. The number of anilines is 2. The Labute approximate surface area is 160 Å². The second-order valence-electron chi connectivity index (χ2n) is 7.06. The zero-order chi connectivity index (χ0) is 18.5. The van der Waals surface area contributed by atoms with Gasteiger partial charge >= 0.3 is 0 Å². The quantitative estimate of drug-likeness (QED) is 0.787. The number of hydrogen-bond donors (Lipinski definition) is 1. The lowest BCUT2D eigenvalue weighted by Gasteiger charge is -2.36. The highest BCUT2D eigenvalue weighted by atomic mass is 35.5. The number of carbonyl (C=O) groups is 1. The van der Waals surface area contributed by atoms with E-state index in [4.69, 9.17) is 11.6 Å². The number of piperazine rings is 1. The Morgan fingerprint density at radius 1 is 1.19 bits per heavy atom. The zero-order valence-corrected chi connectivity index (χ0v) is 16.5. The first-order chi connectivity index (χ1) is 12.6. The number of piperidine rings is 1. The van der Waals surface area contributed by atoms with Gasteiger partial charge in [-0.05, 0) is 25.3 Å². The molecule has 2 aliphatic heterocycles. The summed E-state index contributed by atoms with van der Waals surface area (Å²) in [6.07, 6.45) is 4.18. The number of nitrogens with zero attached hydrogens (tertiary/aromatic N) is 5. The molecule has 0 unspecified atom stereocenters. The van der Waals surface area contributed by atoms with Crippen molar-refractivity contribution in [2.45, 2.75) is 26.2 Å². The van der Waals surface area contributed by atoms with Crippen LogP contribution in [0.25, 0.3) is 0 Å². The lowest BCUT2D eigenvalue weighted by molar-refractivity contribution is -0.134. The van der Waals surface area contributed by atoms with Crippen LogP contribution in [0.15, 0.2) is 6.33 Å². The monoisotopic (exact) mass is 380 g/mol. The van der Waals surface area contributed by atoms with Crippen molar-refractivity contribution in [2.75, 3.05) is 63.1 Å². The van der Waals surface area contributed by atoms with Crippen LogP contribution in [0.4, 0.5) is 11.5 Å². The maximum Gasteiger partial charge on any atom is 0.222 e. The predicted molar refractivity (Wildman–Crippen MR) is 105 cm³/mol. The van der Waals surface area contributed by atoms with E-state index in [9.17, 15) is 4.79 Å². The van der Waals surface area contributed by atoms with Crippen LogP contribution in [-0.4, -0.2) is 78.5 Å². The van der Waals surface area contributed by atoms with Gasteiger partial charge in [-0.1, -0.05) is 18.5 Å². The number of hydrogen-bond acceptors (Lipinski definition) is 6. The molecule has 1 aromatic rings. The van der Waals surface area contributed by atoms with Gasteiger partial charge in [0.25, 0.3) is 0 Å². The predicted octanol–water partition coefficient (Wildman–Crippen LogP) is 1.94. The van der Waals surface area contributed by atoms with Crippen LogP contribution in [0.3, 0.4) is 0 Å². The van der Waals surface area contributed by atoms with Crippen LogP contribution in [0, 0.1) is 5.92 Å². The molecule has 2 saturated heterocycles. The van der Waals surface area contributed by atoms with Gasteiger partial charge in [-0.2, -0.15) is 0 Å². The van der Waals surface area contributed by atoms with E-state index in [0.717, 1.165) is 70.2 Å². The Morgan fingerprint density at radius 2 is 1.88 bits per heavy atom. The van der Waals surface area contributed by atoms with Crippen LogP contribution in [0.5, 0.6) is 0 Å². The molecule has 3 heterocycles. The van der Waals surface area contributed by atoms with Gasteiger partial charge in [-0.3, -0.25) is 4.79 Å². The molecular formula is C18H29ClN6O. The molecule has 8 heteroatoms. The summed E-state index contributed by atoms with van der Waals surface area (Å²) in [5, 5.41) is 3.54. The number of likely N-dealkylation sites (N-methyl/N-ethyl adjacent to an activating group) is 1. The lowest BCUT2D eigenvalue weighted by Crippen LogP contribution is -2.49. The SMILES string of the molecule is CCN1CCN(C(=O)CC2CCN(c3ncnc(Cl)c3NC)CC2)CC1. The highest BCUT2D eigenvalue weighted by Crippen LogP contribution is 2.32. The summed E-state index contributed by atoms with van der Waals surface area (Å²) >= 11 is 6.16. The summed E-state index contributed by atoms with van der Waals surface area (Å²) in [6, 6.07) is 0. The normalized spacial score (nSPS) is 19.7. The molecule has 0 saturated carbocycles. The highest BCUT2D eigenvalue weighted by Gasteiger charge is 2.27. The smallest absolute Gasteiger partial charge is 0.222 e. The molecule has 1 N–H and O–H groups in total. The van der Waals surface area contributed by atoms with Crippen molar-refractivity contribution in [1.29, 1.82) is 0 Å². The zero-order valence-electron chi connectivity index (χ0n) is 15.7. The fourth-order valence-corrected chi connectivity index (χ4v) is 4.07. The molecule has 0 atom stereocenters. The Morgan fingerprint density at radius 3 is 2.50 bits per heavy atom. The molecule has 26 heavy (non-hydrogen) atoms. The van der Waals surface area contributed by atoms with Gasteiger partial charge in [0, 0.05) is 52.7 Å². The van der Waals surface area contributed by atoms with E-state index in [2.05, 4.69) is 32.0 Å². The molecule has 0 aliphatic carbocycles. The maximum absolute atomic E-state index is 12.6. The van der Waals surface area contributed by atoms with Crippen molar-refractivity contribution < 1.29 is 4.79 Å².